The molecule has 0 saturated carbocycles. The van der Waals surface area contributed by atoms with Crippen molar-refractivity contribution in [2.75, 3.05) is 31.1 Å². The SMILES string of the molecule is O=C(CCc1nc(-c2cccs2)no1)N1CCN(c2ccncc2)CC1. The summed E-state index contributed by atoms with van der Waals surface area (Å²) in [5, 5.41) is 5.95. The van der Waals surface area contributed by atoms with E-state index in [1.807, 2.05) is 34.5 Å². The zero-order chi connectivity index (χ0) is 17.8. The lowest BCUT2D eigenvalue weighted by atomic mass is 10.2. The highest BCUT2D eigenvalue weighted by molar-refractivity contribution is 7.13. The Bertz CT molecular complexity index is 842. The average molecular weight is 369 g/mol. The van der Waals surface area contributed by atoms with E-state index in [1.165, 1.54) is 0 Å². The lowest BCUT2D eigenvalue weighted by Crippen LogP contribution is -2.48. The predicted molar refractivity (Wildman–Crippen MR) is 99.0 cm³/mol. The first kappa shape index (κ1) is 16.7. The summed E-state index contributed by atoms with van der Waals surface area (Å²) in [5.74, 6) is 1.24. The quantitative estimate of drug-likeness (QED) is 0.688. The van der Waals surface area contributed by atoms with Crippen LogP contribution in [0.4, 0.5) is 5.69 Å². The maximum atomic E-state index is 12.5. The zero-order valence-corrected chi connectivity index (χ0v) is 15.1. The van der Waals surface area contributed by atoms with E-state index in [4.69, 9.17) is 4.52 Å². The van der Waals surface area contributed by atoms with Gasteiger partial charge in [0.1, 0.15) is 0 Å². The van der Waals surface area contributed by atoms with E-state index in [1.54, 1.807) is 23.7 Å². The van der Waals surface area contributed by atoms with Crippen molar-refractivity contribution >= 4 is 22.9 Å². The van der Waals surface area contributed by atoms with Gasteiger partial charge in [0.2, 0.25) is 17.6 Å². The molecule has 1 aliphatic heterocycles. The van der Waals surface area contributed by atoms with Gasteiger partial charge in [-0.2, -0.15) is 4.98 Å². The predicted octanol–water partition coefficient (Wildman–Crippen LogP) is 2.47. The van der Waals surface area contributed by atoms with Crippen molar-refractivity contribution < 1.29 is 9.32 Å². The van der Waals surface area contributed by atoms with Gasteiger partial charge in [-0.25, -0.2) is 0 Å². The van der Waals surface area contributed by atoms with Crippen LogP contribution in [-0.4, -0.2) is 52.1 Å². The summed E-state index contributed by atoms with van der Waals surface area (Å²) in [6.45, 7) is 3.12. The Hall–Kier alpha value is -2.74. The molecule has 4 rings (SSSR count). The number of aryl methyl sites for hydroxylation is 1. The van der Waals surface area contributed by atoms with Gasteiger partial charge in [-0.3, -0.25) is 9.78 Å². The lowest BCUT2D eigenvalue weighted by Gasteiger charge is -2.36. The standard InChI is InChI=1S/C18H19N5O2S/c24-17(4-3-16-20-18(21-25-16)15-2-1-13-26-15)23-11-9-22(10-12-23)14-5-7-19-8-6-14/h1-2,5-8,13H,3-4,9-12H2. The molecule has 1 amide bonds. The van der Waals surface area contributed by atoms with Crippen LogP contribution in [0.25, 0.3) is 10.7 Å². The van der Waals surface area contributed by atoms with Crippen molar-refractivity contribution in [1.82, 2.24) is 20.0 Å². The highest BCUT2D eigenvalue weighted by Crippen LogP contribution is 2.21. The van der Waals surface area contributed by atoms with Crippen LogP contribution in [0, 0.1) is 0 Å². The zero-order valence-electron chi connectivity index (χ0n) is 14.2. The van der Waals surface area contributed by atoms with E-state index in [-0.39, 0.29) is 5.91 Å². The molecule has 1 aliphatic rings. The summed E-state index contributed by atoms with van der Waals surface area (Å²) < 4.78 is 5.26. The number of pyridine rings is 1. The summed E-state index contributed by atoms with van der Waals surface area (Å²) in [4.78, 5) is 26.0. The van der Waals surface area contributed by atoms with Crippen molar-refractivity contribution in [3.63, 3.8) is 0 Å². The number of rotatable bonds is 5. The molecule has 3 aromatic rings. The number of piperazine rings is 1. The minimum atomic E-state index is 0.134. The van der Waals surface area contributed by atoms with Crippen molar-refractivity contribution in [3.8, 4) is 10.7 Å². The van der Waals surface area contributed by atoms with Crippen molar-refractivity contribution in [2.24, 2.45) is 0 Å². The maximum absolute atomic E-state index is 12.5. The second-order valence-electron chi connectivity index (χ2n) is 6.06. The van der Waals surface area contributed by atoms with Crippen molar-refractivity contribution in [1.29, 1.82) is 0 Å². The molecule has 0 bridgehead atoms. The molecular weight excluding hydrogens is 350 g/mol. The van der Waals surface area contributed by atoms with Gasteiger partial charge >= 0.3 is 0 Å². The van der Waals surface area contributed by atoms with E-state index in [0.29, 0.717) is 24.6 Å². The Labute approximate surface area is 155 Å². The Kier molecular flexibility index (Phi) is 4.92. The van der Waals surface area contributed by atoms with Gasteiger partial charge in [-0.1, -0.05) is 11.2 Å². The molecule has 0 spiro atoms. The van der Waals surface area contributed by atoms with Crippen LogP contribution >= 0.6 is 11.3 Å². The molecule has 0 radical (unpaired) electrons. The van der Waals surface area contributed by atoms with Crippen LogP contribution < -0.4 is 4.90 Å². The van der Waals surface area contributed by atoms with Crippen molar-refractivity contribution in [3.05, 3.63) is 47.9 Å². The third-order valence-corrected chi connectivity index (χ3v) is 5.29. The molecular formula is C18H19N5O2S. The van der Waals surface area contributed by atoms with Gasteiger partial charge in [0.15, 0.2) is 0 Å². The van der Waals surface area contributed by atoms with Gasteiger partial charge in [0.05, 0.1) is 4.88 Å². The molecule has 0 aromatic carbocycles. The van der Waals surface area contributed by atoms with E-state index < -0.39 is 0 Å². The third-order valence-electron chi connectivity index (χ3n) is 4.42. The Morgan fingerprint density at radius 2 is 1.96 bits per heavy atom. The maximum Gasteiger partial charge on any atom is 0.227 e. The number of anilines is 1. The molecule has 4 heterocycles. The number of nitrogens with zero attached hydrogens (tertiary/aromatic N) is 5. The number of hydrogen-bond donors (Lipinski definition) is 0. The lowest BCUT2D eigenvalue weighted by molar-refractivity contribution is -0.131. The molecule has 1 fully saturated rings. The summed E-state index contributed by atoms with van der Waals surface area (Å²) >= 11 is 1.57. The van der Waals surface area contributed by atoms with Crippen LogP contribution in [0.2, 0.25) is 0 Å². The number of hydrogen-bond acceptors (Lipinski definition) is 7. The molecule has 0 aliphatic carbocycles. The molecule has 1 saturated heterocycles. The summed E-state index contributed by atoms with van der Waals surface area (Å²) in [6.07, 6.45) is 4.45. The van der Waals surface area contributed by atoms with Crippen LogP contribution in [0.5, 0.6) is 0 Å². The fourth-order valence-electron chi connectivity index (χ4n) is 3.00. The summed E-state index contributed by atoms with van der Waals surface area (Å²) in [7, 11) is 0. The Balaban J connectivity index is 1.27. The van der Waals surface area contributed by atoms with E-state index in [9.17, 15) is 4.79 Å². The summed E-state index contributed by atoms with van der Waals surface area (Å²) in [6, 6.07) is 7.90. The van der Waals surface area contributed by atoms with Gasteiger partial charge in [0.25, 0.3) is 0 Å². The number of aromatic nitrogens is 3. The minimum Gasteiger partial charge on any atom is -0.368 e. The highest BCUT2D eigenvalue weighted by atomic mass is 32.1. The van der Waals surface area contributed by atoms with E-state index in [2.05, 4.69) is 20.0 Å². The Morgan fingerprint density at radius 1 is 1.15 bits per heavy atom. The molecule has 3 aromatic heterocycles. The number of carbonyl (C=O) groups is 1. The third kappa shape index (κ3) is 3.75. The number of amides is 1. The Morgan fingerprint density at radius 3 is 2.69 bits per heavy atom. The fraction of sp³-hybridized carbons (Fsp3) is 0.333. The fourth-order valence-corrected chi connectivity index (χ4v) is 3.65. The molecule has 26 heavy (non-hydrogen) atoms. The number of carbonyl (C=O) groups excluding carboxylic acids is 1. The first-order chi connectivity index (χ1) is 12.8. The van der Waals surface area contributed by atoms with Gasteiger partial charge in [0, 0.05) is 57.1 Å². The van der Waals surface area contributed by atoms with E-state index >= 15 is 0 Å². The molecule has 0 atom stereocenters. The normalized spacial score (nSPS) is 14.6. The van der Waals surface area contributed by atoms with Gasteiger partial charge < -0.3 is 14.3 Å². The number of thiophene rings is 1. The van der Waals surface area contributed by atoms with Crippen LogP contribution in [0.3, 0.4) is 0 Å². The second kappa shape index (κ2) is 7.65. The monoisotopic (exact) mass is 369 g/mol. The van der Waals surface area contributed by atoms with Gasteiger partial charge in [-0.15, -0.1) is 11.3 Å². The molecule has 134 valence electrons. The molecule has 7 nitrogen and oxygen atoms in total. The van der Waals surface area contributed by atoms with Crippen molar-refractivity contribution in [2.45, 2.75) is 12.8 Å². The topological polar surface area (TPSA) is 75.4 Å². The molecule has 0 N–H and O–H groups in total. The highest BCUT2D eigenvalue weighted by Gasteiger charge is 2.21. The second-order valence-corrected chi connectivity index (χ2v) is 7.01. The first-order valence-electron chi connectivity index (χ1n) is 8.59. The minimum absolute atomic E-state index is 0.134. The molecule has 8 heteroatoms. The molecule has 0 unspecified atom stereocenters. The van der Waals surface area contributed by atoms with E-state index in [0.717, 1.165) is 36.7 Å². The summed E-state index contributed by atoms with van der Waals surface area (Å²) in [5.41, 5.74) is 1.15. The van der Waals surface area contributed by atoms with Crippen LogP contribution in [0.15, 0.2) is 46.6 Å². The smallest absolute Gasteiger partial charge is 0.227 e. The average Bonchev–Trinajstić information content (AvgIpc) is 3.38. The first-order valence-corrected chi connectivity index (χ1v) is 9.47. The van der Waals surface area contributed by atoms with Crippen LogP contribution in [-0.2, 0) is 11.2 Å². The van der Waals surface area contributed by atoms with Gasteiger partial charge in [-0.05, 0) is 23.6 Å². The largest absolute Gasteiger partial charge is 0.368 e. The van der Waals surface area contributed by atoms with Crippen LogP contribution in [0.1, 0.15) is 12.3 Å².